The molecule has 0 radical (unpaired) electrons. The molecule has 5 nitrogen and oxygen atoms in total. The summed E-state index contributed by atoms with van der Waals surface area (Å²) in [5.41, 5.74) is 10.6. The summed E-state index contributed by atoms with van der Waals surface area (Å²) in [5, 5.41) is 6.93. The first-order chi connectivity index (χ1) is 21.1. The number of aromatic nitrogens is 2. The Hall–Kier alpha value is -4.38. The normalized spacial score (nSPS) is 13.8. The van der Waals surface area contributed by atoms with Crippen LogP contribution in [0, 0.1) is 6.92 Å². The summed E-state index contributed by atoms with van der Waals surface area (Å²) in [5.74, 6) is 0.563. The van der Waals surface area contributed by atoms with Gasteiger partial charge in [0, 0.05) is 47.1 Å². The van der Waals surface area contributed by atoms with Crippen LogP contribution < -0.4 is 10.6 Å². The molecule has 3 aromatic carbocycles. The second-order valence-electron chi connectivity index (χ2n) is 12.9. The SMILES string of the molecule is C=C(Nc1cccc(-c2ccnc(Nc3ccc(C(=C)N(CC)C4CCCCC4)cc3)n2)c1C)c1ccc(C(C)(C)C)cc1. The van der Waals surface area contributed by atoms with Crippen molar-refractivity contribution in [2.75, 3.05) is 17.2 Å². The lowest BCUT2D eigenvalue weighted by Gasteiger charge is -2.36. The Balaban J connectivity index is 1.28. The van der Waals surface area contributed by atoms with Gasteiger partial charge in [-0.15, -0.1) is 0 Å². The molecule has 0 spiro atoms. The number of nitrogens with one attached hydrogen (secondary N) is 2. The quantitative estimate of drug-likeness (QED) is 0.194. The third-order valence-corrected chi connectivity index (χ3v) is 8.83. The molecule has 1 aliphatic rings. The summed E-state index contributed by atoms with van der Waals surface area (Å²) >= 11 is 0. The van der Waals surface area contributed by atoms with Crippen molar-refractivity contribution < 1.29 is 0 Å². The summed E-state index contributed by atoms with van der Waals surface area (Å²) in [6.45, 7) is 20.8. The number of hydrogen-bond acceptors (Lipinski definition) is 5. The third-order valence-electron chi connectivity index (χ3n) is 8.83. The molecule has 0 saturated heterocycles. The zero-order valence-corrected chi connectivity index (χ0v) is 27.1. The van der Waals surface area contributed by atoms with Crippen LogP contribution in [0.4, 0.5) is 17.3 Å². The molecule has 0 amide bonds. The fourth-order valence-electron chi connectivity index (χ4n) is 6.13. The van der Waals surface area contributed by atoms with Gasteiger partial charge in [0.2, 0.25) is 5.95 Å². The molecule has 0 aliphatic heterocycles. The first kappa shape index (κ1) is 31.1. The number of rotatable bonds is 10. The van der Waals surface area contributed by atoms with Crippen LogP contribution in [0.1, 0.15) is 82.1 Å². The number of hydrogen-bond donors (Lipinski definition) is 2. The van der Waals surface area contributed by atoms with Gasteiger partial charge in [-0.25, -0.2) is 9.97 Å². The van der Waals surface area contributed by atoms with Crippen molar-refractivity contribution in [3.63, 3.8) is 0 Å². The lowest BCUT2D eigenvalue weighted by molar-refractivity contribution is 0.240. The first-order valence-electron chi connectivity index (χ1n) is 16.0. The predicted molar refractivity (Wildman–Crippen MR) is 188 cm³/mol. The molecule has 1 aliphatic carbocycles. The second-order valence-corrected chi connectivity index (χ2v) is 12.9. The summed E-state index contributed by atoms with van der Waals surface area (Å²) in [6, 6.07) is 25.9. The van der Waals surface area contributed by atoms with E-state index in [1.165, 1.54) is 37.7 Å². The summed E-state index contributed by atoms with van der Waals surface area (Å²) in [6.07, 6.45) is 8.32. The number of benzene rings is 3. The van der Waals surface area contributed by atoms with Crippen LogP contribution in [-0.4, -0.2) is 27.5 Å². The molecule has 1 fully saturated rings. The minimum Gasteiger partial charge on any atom is -0.369 e. The van der Waals surface area contributed by atoms with Crippen LogP contribution in [0.15, 0.2) is 92.2 Å². The molecule has 2 N–H and O–H groups in total. The van der Waals surface area contributed by atoms with E-state index in [-0.39, 0.29) is 5.41 Å². The summed E-state index contributed by atoms with van der Waals surface area (Å²) in [7, 11) is 0. The zero-order chi connectivity index (χ0) is 31.3. The van der Waals surface area contributed by atoms with E-state index in [0.717, 1.165) is 57.3 Å². The van der Waals surface area contributed by atoms with Crippen LogP contribution in [0.25, 0.3) is 22.7 Å². The highest BCUT2D eigenvalue weighted by molar-refractivity contribution is 5.81. The molecule has 1 saturated carbocycles. The standard InChI is InChI=1S/C39H47N5/c1-8-44(34-13-10-9-11-14-34)29(4)31-19-23-33(24-20-31)42-38-40-26-25-37(43-38)35-15-12-16-36(27(35)2)41-28(3)30-17-21-32(22-18-30)39(5,6)7/h12,15-26,34,41H,3-4,8-11,13-14H2,1-2,5-7H3,(H,40,42,43). The minimum absolute atomic E-state index is 0.118. The number of nitrogens with zero attached hydrogens (tertiary/aromatic N) is 3. The summed E-state index contributed by atoms with van der Waals surface area (Å²) in [4.78, 5) is 11.9. The van der Waals surface area contributed by atoms with E-state index in [1.807, 2.05) is 12.1 Å². The van der Waals surface area contributed by atoms with Gasteiger partial charge in [-0.1, -0.05) is 102 Å². The smallest absolute Gasteiger partial charge is 0.227 e. The molecule has 228 valence electrons. The Morgan fingerprint density at radius 3 is 2.23 bits per heavy atom. The van der Waals surface area contributed by atoms with Crippen molar-refractivity contribution in [3.8, 4) is 11.3 Å². The third kappa shape index (κ3) is 7.21. The average Bonchev–Trinajstić information content (AvgIpc) is 3.03. The topological polar surface area (TPSA) is 53.1 Å². The van der Waals surface area contributed by atoms with E-state index in [4.69, 9.17) is 4.98 Å². The molecule has 5 heteroatoms. The molecular formula is C39H47N5. The molecule has 4 aromatic rings. The van der Waals surface area contributed by atoms with Crippen molar-refractivity contribution in [1.29, 1.82) is 0 Å². The van der Waals surface area contributed by atoms with Gasteiger partial charge in [-0.3, -0.25) is 0 Å². The first-order valence-corrected chi connectivity index (χ1v) is 16.0. The maximum absolute atomic E-state index is 4.87. The molecule has 1 aromatic heterocycles. The highest BCUT2D eigenvalue weighted by Crippen LogP contribution is 2.32. The van der Waals surface area contributed by atoms with E-state index in [2.05, 4.69) is 129 Å². The van der Waals surface area contributed by atoms with Crippen LogP contribution >= 0.6 is 0 Å². The van der Waals surface area contributed by atoms with E-state index >= 15 is 0 Å². The largest absolute Gasteiger partial charge is 0.369 e. The van der Waals surface area contributed by atoms with Gasteiger partial charge in [0.05, 0.1) is 5.69 Å². The molecule has 44 heavy (non-hydrogen) atoms. The van der Waals surface area contributed by atoms with Crippen molar-refractivity contribution in [3.05, 3.63) is 114 Å². The summed E-state index contributed by atoms with van der Waals surface area (Å²) < 4.78 is 0. The fraction of sp³-hybridized carbons (Fsp3) is 0.333. The molecule has 0 unspecified atom stereocenters. The molecule has 0 bridgehead atoms. The Kier molecular flexibility index (Phi) is 9.53. The van der Waals surface area contributed by atoms with Crippen molar-refractivity contribution >= 4 is 28.7 Å². The van der Waals surface area contributed by atoms with E-state index in [0.29, 0.717) is 12.0 Å². The molecular weight excluding hydrogens is 538 g/mol. The maximum atomic E-state index is 4.87. The highest BCUT2D eigenvalue weighted by atomic mass is 15.2. The molecule has 5 rings (SSSR count). The zero-order valence-electron chi connectivity index (χ0n) is 27.1. The van der Waals surface area contributed by atoms with Gasteiger partial charge < -0.3 is 15.5 Å². The fourth-order valence-corrected chi connectivity index (χ4v) is 6.13. The predicted octanol–water partition coefficient (Wildman–Crippen LogP) is 10.2. The monoisotopic (exact) mass is 585 g/mol. The van der Waals surface area contributed by atoms with Crippen molar-refractivity contribution in [1.82, 2.24) is 14.9 Å². The molecule has 1 heterocycles. The van der Waals surface area contributed by atoms with Crippen LogP contribution in [-0.2, 0) is 5.41 Å². The van der Waals surface area contributed by atoms with E-state index in [9.17, 15) is 0 Å². The number of anilines is 3. The van der Waals surface area contributed by atoms with Gasteiger partial charge in [-0.05, 0) is 78.6 Å². The van der Waals surface area contributed by atoms with Gasteiger partial charge in [0.1, 0.15) is 0 Å². The van der Waals surface area contributed by atoms with Gasteiger partial charge in [0.15, 0.2) is 0 Å². The average molecular weight is 586 g/mol. The maximum Gasteiger partial charge on any atom is 0.227 e. The minimum atomic E-state index is 0.118. The Morgan fingerprint density at radius 1 is 0.886 bits per heavy atom. The molecule has 0 atom stereocenters. The van der Waals surface area contributed by atoms with Crippen molar-refractivity contribution in [2.24, 2.45) is 0 Å². The van der Waals surface area contributed by atoms with Crippen molar-refractivity contribution in [2.45, 2.75) is 78.2 Å². The Bertz CT molecular complexity index is 1590. The lowest BCUT2D eigenvalue weighted by Crippen LogP contribution is -2.35. The highest BCUT2D eigenvalue weighted by Gasteiger charge is 2.21. The second kappa shape index (κ2) is 13.5. The van der Waals surface area contributed by atoms with Crippen LogP contribution in [0.5, 0.6) is 0 Å². The van der Waals surface area contributed by atoms with Gasteiger partial charge in [0.25, 0.3) is 0 Å². The lowest BCUT2D eigenvalue weighted by atomic mass is 9.86. The Labute approximate surface area is 264 Å². The Morgan fingerprint density at radius 2 is 1.57 bits per heavy atom. The van der Waals surface area contributed by atoms with Gasteiger partial charge in [-0.2, -0.15) is 0 Å². The van der Waals surface area contributed by atoms with Crippen LogP contribution in [0.2, 0.25) is 0 Å². The van der Waals surface area contributed by atoms with Gasteiger partial charge >= 0.3 is 0 Å². The van der Waals surface area contributed by atoms with Crippen LogP contribution in [0.3, 0.4) is 0 Å². The van der Waals surface area contributed by atoms with E-state index < -0.39 is 0 Å². The van der Waals surface area contributed by atoms with E-state index in [1.54, 1.807) is 6.20 Å².